The fraction of sp³-hybridized carbons (Fsp3) is 0.273. The standard InChI is InChI=1S/C11H12N2O5S4/c12-21(15,16)10-4-8-9(14)6-13(5-7-2-1-3-19-7)22(17,18)11(8)20-10/h1-4,9,14H,5-6H2,(H2,12,15,16)/t9-/m0/s1. The molecule has 1 aliphatic rings. The Hall–Kier alpha value is -0.820. The average Bonchev–Trinajstić information content (AvgIpc) is 3.04. The molecule has 1 aliphatic heterocycles. The van der Waals surface area contributed by atoms with Gasteiger partial charge in [-0.25, -0.2) is 22.0 Å². The first-order chi connectivity index (χ1) is 10.2. The second-order valence-electron chi connectivity index (χ2n) is 4.75. The van der Waals surface area contributed by atoms with Crippen LogP contribution in [-0.4, -0.2) is 32.8 Å². The van der Waals surface area contributed by atoms with Crippen molar-refractivity contribution >= 4 is 42.7 Å². The first kappa shape index (κ1) is 16.1. The number of nitrogens with zero attached hydrogens (tertiary/aromatic N) is 1. The zero-order valence-corrected chi connectivity index (χ0v) is 14.3. The maximum Gasteiger partial charge on any atom is 0.253 e. The summed E-state index contributed by atoms with van der Waals surface area (Å²) >= 11 is 1.98. The predicted molar refractivity (Wildman–Crippen MR) is 82.6 cm³/mol. The third kappa shape index (κ3) is 2.73. The molecule has 11 heteroatoms. The van der Waals surface area contributed by atoms with E-state index >= 15 is 0 Å². The van der Waals surface area contributed by atoms with Gasteiger partial charge < -0.3 is 5.11 Å². The van der Waals surface area contributed by atoms with Crippen LogP contribution >= 0.6 is 22.7 Å². The molecule has 2 aromatic heterocycles. The Morgan fingerprint density at radius 3 is 2.77 bits per heavy atom. The molecule has 0 radical (unpaired) electrons. The molecule has 1 atom stereocenters. The van der Waals surface area contributed by atoms with E-state index in [0.717, 1.165) is 15.2 Å². The van der Waals surface area contributed by atoms with Crippen LogP contribution in [0, 0.1) is 0 Å². The van der Waals surface area contributed by atoms with Crippen LogP contribution in [0.3, 0.4) is 0 Å². The molecule has 120 valence electrons. The summed E-state index contributed by atoms with van der Waals surface area (Å²) in [5, 5.41) is 17.0. The Morgan fingerprint density at radius 1 is 1.45 bits per heavy atom. The van der Waals surface area contributed by atoms with Crippen molar-refractivity contribution in [3.8, 4) is 0 Å². The third-order valence-corrected chi connectivity index (χ3v) is 8.98. The minimum absolute atomic E-state index is 0.0939. The molecule has 3 heterocycles. The summed E-state index contributed by atoms with van der Waals surface area (Å²) in [6.07, 6.45) is -1.08. The lowest BCUT2D eigenvalue weighted by atomic mass is 10.2. The van der Waals surface area contributed by atoms with E-state index in [2.05, 4.69) is 0 Å². The highest BCUT2D eigenvalue weighted by Crippen LogP contribution is 2.40. The minimum Gasteiger partial charge on any atom is -0.387 e. The molecule has 22 heavy (non-hydrogen) atoms. The molecule has 0 aromatic carbocycles. The van der Waals surface area contributed by atoms with Crippen LogP contribution in [0.5, 0.6) is 0 Å². The van der Waals surface area contributed by atoms with Gasteiger partial charge >= 0.3 is 0 Å². The topological polar surface area (TPSA) is 118 Å². The number of rotatable bonds is 3. The van der Waals surface area contributed by atoms with Crippen molar-refractivity contribution in [2.24, 2.45) is 5.14 Å². The van der Waals surface area contributed by atoms with Gasteiger partial charge in [-0.05, 0) is 17.5 Å². The summed E-state index contributed by atoms with van der Waals surface area (Å²) in [6.45, 7) is 0.0210. The zero-order valence-electron chi connectivity index (χ0n) is 11.0. The van der Waals surface area contributed by atoms with Crippen LogP contribution in [0.1, 0.15) is 16.5 Å². The SMILES string of the molecule is NS(=O)(=O)c1cc2c(s1)S(=O)(=O)N(Cc1cccs1)C[C@@H]2O. The molecular weight excluding hydrogens is 368 g/mol. The van der Waals surface area contributed by atoms with Gasteiger partial charge in [0.15, 0.2) is 0 Å². The van der Waals surface area contributed by atoms with Crippen LogP contribution in [0.2, 0.25) is 0 Å². The number of hydrogen-bond acceptors (Lipinski definition) is 7. The van der Waals surface area contributed by atoms with Crippen LogP contribution in [-0.2, 0) is 26.6 Å². The number of sulfonamides is 2. The lowest BCUT2D eigenvalue weighted by Crippen LogP contribution is -2.38. The summed E-state index contributed by atoms with van der Waals surface area (Å²) in [6, 6.07) is 4.75. The minimum atomic E-state index is -4.01. The fourth-order valence-electron chi connectivity index (χ4n) is 2.17. The number of primary sulfonamides is 1. The molecule has 3 N–H and O–H groups in total. The zero-order chi connectivity index (χ0) is 16.1. The monoisotopic (exact) mass is 380 g/mol. The molecule has 0 amide bonds. The van der Waals surface area contributed by atoms with E-state index in [1.807, 2.05) is 11.4 Å². The number of hydrogen-bond donors (Lipinski definition) is 2. The molecule has 0 saturated carbocycles. The van der Waals surface area contributed by atoms with E-state index in [4.69, 9.17) is 5.14 Å². The van der Waals surface area contributed by atoms with E-state index in [9.17, 15) is 21.9 Å². The normalized spacial score (nSPS) is 21.6. The van der Waals surface area contributed by atoms with Crippen molar-refractivity contribution < 1.29 is 21.9 Å². The van der Waals surface area contributed by atoms with Crippen molar-refractivity contribution in [1.82, 2.24) is 4.31 Å². The number of nitrogens with two attached hydrogens (primary N) is 1. The van der Waals surface area contributed by atoms with Gasteiger partial charge in [0.05, 0.1) is 6.10 Å². The second kappa shape index (κ2) is 5.37. The van der Waals surface area contributed by atoms with Gasteiger partial charge in [0.2, 0.25) is 10.0 Å². The van der Waals surface area contributed by atoms with Gasteiger partial charge in [0, 0.05) is 23.5 Å². The Balaban J connectivity index is 2.06. The van der Waals surface area contributed by atoms with Crippen molar-refractivity contribution in [2.75, 3.05) is 6.54 Å². The molecule has 0 saturated heterocycles. The number of aliphatic hydroxyl groups excluding tert-OH is 1. The van der Waals surface area contributed by atoms with Crippen molar-refractivity contribution in [3.63, 3.8) is 0 Å². The highest BCUT2D eigenvalue weighted by molar-refractivity contribution is 7.94. The summed E-state index contributed by atoms with van der Waals surface area (Å²) < 4.78 is 48.8. The average molecular weight is 380 g/mol. The van der Waals surface area contributed by atoms with Gasteiger partial charge in [0.25, 0.3) is 10.0 Å². The summed E-state index contributed by atoms with van der Waals surface area (Å²) in [4.78, 5) is 0.836. The molecule has 0 spiro atoms. The van der Waals surface area contributed by atoms with Crippen LogP contribution in [0.15, 0.2) is 32.0 Å². The van der Waals surface area contributed by atoms with Crippen LogP contribution in [0.4, 0.5) is 0 Å². The molecule has 0 bridgehead atoms. The Kier molecular flexibility index (Phi) is 3.92. The van der Waals surface area contributed by atoms with Gasteiger partial charge in [-0.3, -0.25) is 0 Å². The number of β-amino-alcohol motifs (C(OH)–C–C–N with tert-alkyl or cyclic N) is 1. The fourth-order valence-corrected chi connectivity index (χ4v) is 7.20. The van der Waals surface area contributed by atoms with Gasteiger partial charge in [-0.1, -0.05) is 6.07 Å². The molecular formula is C11H12N2O5S4. The molecule has 0 aliphatic carbocycles. The van der Waals surface area contributed by atoms with Crippen LogP contribution < -0.4 is 5.14 Å². The van der Waals surface area contributed by atoms with Crippen molar-refractivity contribution in [2.45, 2.75) is 21.1 Å². The van der Waals surface area contributed by atoms with Crippen LogP contribution in [0.25, 0.3) is 0 Å². The molecule has 7 nitrogen and oxygen atoms in total. The molecule has 0 unspecified atom stereocenters. The lowest BCUT2D eigenvalue weighted by Gasteiger charge is -2.29. The van der Waals surface area contributed by atoms with E-state index in [1.165, 1.54) is 11.3 Å². The Labute approximate surface area is 135 Å². The first-order valence-corrected chi connectivity index (χ1v) is 10.7. The highest BCUT2D eigenvalue weighted by atomic mass is 32.3. The highest BCUT2D eigenvalue weighted by Gasteiger charge is 2.39. The maximum absolute atomic E-state index is 12.6. The van der Waals surface area contributed by atoms with Crippen molar-refractivity contribution in [1.29, 1.82) is 0 Å². The number of thiophene rings is 2. The maximum atomic E-state index is 12.6. The molecule has 3 rings (SSSR count). The second-order valence-corrected chi connectivity index (χ2v) is 10.8. The molecule has 0 fully saturated rings. The summed E-state index contributed by atoms with van der Waals surface area (Å²) in [5.74, 6) is 0. The van der Waals surface area contributed by atoms with Gasteiger partial charge in [0.1, 0.15) is 8.42 Å². The van der Waals surface area contributed by atoms with E-state index in [0.29, 0.717) is 11.3 Å². The van der Waals surface area contributed by atoms with E-state index in [1.54, 1.807) is 6.07 Å². The Bertz CT molecular complexity index is 898. The largest absolute Gasteiger partial charge is 0.387 e. The van der Waals surface area contributed by atoms with E-state index < -0.39 is 26.2 Å². The van der Waals surface area contributed by atoms with E-state index in [-0.39, 0.29) is 27.1 Å². The van der Waals surface area contributed by atoms with Crippen molar-refractivity contribution in [3.05, 3.63) is 34.0 Å². The van der Waals surface area contributed by atoms with Gasteiger partial charge in [-0.15, -0.1) is 22.7 Å². The first-order valence-electron chi connectivity index (χ1n) is 6.07. The number of aliphatic hydroxyl groups is 1. The molecule has 2 aromatic rings. The number of fused-ring (bicyclic) bond motifs is 1. The lowest BCUT2D eigenvalue weighted by molar-refractivity contribution is 0.137. The smallest absolute Gasteiger partial charge is 0.253 e. The summed E-state index contributed by atoms with van der Waals surface area (Å²) in [7, 11) is -7.86. The third-order valence-electron chi connectivity index (χ3n) is 3.20. The quantitative estimate of drug-likeness (QED) is 0.812. The van der Waals surface area contributed by atoms with Gasteiger partial charge in [-0.2, -0.15) is 4.31 Å². The summed E-state index contributed by atoms with van der Waals surface area (Å²) in [5.41, 5.74) is 0.0939. The predicted octanol–water partition coefficient (Wildman–Crippen LogP) is 0.695. The Morgan fingerprint density at radius 2 is 2.18 bits per heavy atom.